The van der Waals surface area contributed by atoms with Crippen molar-refractivity contribution in [3.63, 3.8) is 0 Å². The summed E-state index contributed by atoms with van der Waals surface area (Å²) >= 11 is 0. The zero-order valence-electron chi connectivity index (χ0n) is 19.9. The molecule has 0 amide bonds. The maximum absolute atomic E-state index is 6.85. The quantitative estimate of drug-likeness (QED) is 0.586. The normalized spacial score (nSPS) is 49.5. The second kappa shape index (κ2) is 8.43. The summed E-state index contributed by atoms with van der Waals surface area (Å²) in [6.45, 7) is 7.75. The van der Waals surface area contributed by atoms with Gasteiger partial charge in [0.2, 0.25) is 0 Å². The molecule has 0 saturated carbocycles. The first-order valence-electron chi connectivity index (χ1n) is 12.6. The summed E-state index contributed by atoms with van der Waals surface area (Å²) in [5.41, 5.74) is -0.0604. The van der Waals surface area contributed by atoms with Gasteiger partial charge in [-0.05, 0) is 26.7 Å². The molecule has 5 aliphatic heterocycles. The summed E-state index contributed by atoms with van der Waals surface area (Å²) < 4.78 is 38.9. The zero-order chi connectivity index (χ0) is 22.6. The van der Waals surface area contributed by atoms with E-state index in [2.05, 4.69) is 32.9 Å². The largest absolute Gasteiger partial charge is 0.375 e. The Labute approximate surface area is 196 Å². The van der Waals surface area contributed by atoms with Gasteiger partial charge < -0.3 is 28.4 Å². The van der Waals surface area contributed by atoms with Gasteiger partial charge in [-0.15, -0.1) is 0 Å². The number of rotatable bonds is 1. The molecule has 5 aliphatic rings. The Bertz CT molecular complexity index is 875. The standard InChI is InChI=1S/C27H36O6/c1-17-11-12-26(2)22(30-21-14-20-19(31-24(17)21)10-7-13-28-20)15-23-27(3,33-26)16-29-25(32-23)18-8-5-4-6-9-18/h4-6,8-9,11-12,17,19-25H,7,10,13-16H2,1-3H3/t17-,19-,20+,21-,22+,23-,24+,25+,26-,27+/m0/s1. The highest BCUT2D eigenvalue weighted by Gasteiger charge is 2.57. The molecule has 6 nitrogen and oxygen atoms in total. The molecule has 0 bridgehead atoms. The summed E-state index contributed by atoms with van der Waals surface area (Å²) in [6, 6.07) is 10.1. The third-order valence-electron chi connectivity index (χ3n) is 8.21. The molecule has 0 radical (unpaired) electrons. The third kappa shape index (κ3) is 3.99. The first kappa shape index (κ1) is 22.2. The third-order valence-corrected chi connectivity index (χ3v) is 8.21. The van der Waals surface area contributed by atoms with Crippen molar-refractivity contribution in [2.75, 3.05) is 13.2 Å². The van der Waals surface area contributed by atoms with Crippen molar-refractivity contribution < 1.29 is 28.4 Å². The monoisotopic (exact) mass is 456 g/mol. The molecule has 4 fully saturated rings. The van der Waals surface area contributed by atoms with Gasteiger partial charge in [0.1, 0.15) is 11.2 Å². The van der Waals surface area contributed by atoms with E-state index in [0.717, 1.165) is 37.9 Å². The van der Waals surface area contributed by atoms with Crippen LogP contribution in [0.1, 0.15) is 58.3 Å². The highest BCUT2D eigenvalue weighted by atomic mass is 16.7. The lowest BCUT2D eigenvalue weighted by atomic mass is 9.79. The van der Waals surface area contributed by atoms with E-state index >= 15 is 0 Å². The second-order valence-corrected chi connectivity index (χ2v) is 10.8. The van der Waals surface area contributed by atoms with Crippen LogP contribution in [0.25, 0.3) is 0 Å². The Hall–Kier alpha value is -1.28. The molecule has 0 aromatic heterocycles. The van der Waals surface area contributed by atoms with Crippen molar-refractivity contribution in [3.05, 3.63) is 48.0 Å². The number of hydrogen-bond donors (Lipinski definition) is 0. The van der Waals surface area contributed by atoms with Gasteiger partial charge in [-0.2, -0.15) is 0 Å². The molecule has 0 spiro atoms. The van der Waals surface area contributed by atoms with E-state index in [1.54, 1.807) is 0 Å². The number of ether oxygens (including phenoxy) is 6. The molecule has 1 aromatic carbocycles. The van der Waals surface area contributed by atoms with Gasteiger partial charge in [-0.25, -0.2) is 0 Å². The SMILES string of the molecule is C[C@H]1C=C[C@]2(C)O[C@]3(C)CO[C@@H](c4ccccc4)O[C@H]3C[C@H]2O[C@H]2C[C@H]3OCCC[C@@H]3O[C@@H]21. The average Bonchev–Trinajstić information content (AvgIpc) is 2.82. The summed E-state index contributed by atoms with van der Waals surface area (Å²) in [4.78, 5) is 0. The molecular weight excluding hydrogens is 420 g/mol. The van der Waals surface area contributed by atoms with Crippen LogP contribution in [0.15, 0.2) is 42.5 Å². The molecule has 5 heterocycles. The number of fused-ring (bicyclic) bond motifs is 4. The molecule has 0 unspecified atom stereocenters. The Morgan fingerprint density at radius 1 is 0.879 bits per heavy atom. The van der Waals surface area contributed by atoms with Crippen molar-refractivity contribution in [2.45, 2.75) is 101 Å². The fourth-order valence-electron chi connectivity index (χ4n) is 6.28. The summed E-state index contributed by atoms with van der Waals surface area (Å²) in [5, 5.41) is 0. The molecule has 10 atom stereocenters. The summed E-state index contributed by atoms with van der Waals surface area (Å²) in [7, 11) is 0. The van der Waals surface area contributed by atoms with Crippen LogP contribution < -0.4 is 0 Å². The number of benzene rings is 1. The second-order valence-electron chi connectivity index (χ2n) is 10.8. The van der Waals surface area contributed by atoms with Gasteiger partial charge in [0, 0.05) is 30.9 Å². The van der Waals surface area contributed by atoms with Crippen molar-refractivity contribution in [2.24, 2.45) is 5.92 Å². The lowest BCUT2D eigenvalue weighted by molar-refractivity contribution is -0.359. The van der Waals surface area contributed by atoms with E-state index < -0.39 is 11.2 Å². The van der Waals surface area contributed by atoms with Gasteiger partial charge in [0.15, 0.2) is 6.29 Å². The van der Waals surface area contributed by atoms with E-state index in [1.807, 2.05) is 30.3 Å². The molecular formula is C27H36O6. The number of hydrogen-bond acceptors (Lipinski definition) is 6. The van der Waals surface area contributed by atoms with Crippen molar-refractivity contribution in [1.82, 2.24) is 0 Å². The van der Waals surface area contributed by atoms with E-state index in [-0.39, 0.29) is 48.8 Å². The van der Waals surface area contributed by atoms with E-state index in [9.17, 15) is 0 Å². The molecule has 4 saturated heterocycles. The zero-order valence-corrected chi connectivity index (χ0v) is 19.9. The van der Waals surface area contributed by atoms with Crippen LogP contribution in [0, 0.1) is 5.92 Å². The topological polar surface area (TPSA) is 55.4 Å². The maximum atomic E-state index is 6.85. The van der Waals surface area contributed by atoms with Crippen molar-refractivity contribution >= 4 is 0 Å². The van der Waals surface area contributed by atoms with Crippen molar-refractivity contribution in [1.29, 1.82) is 0 Å². The molecule has 6 rings (SSSR count). The van der Waals surface area contributed by atoms with E-state index in [0.29, 0.717) is 6.61 Å². The first-order valence-corrected chi connectivity index (χ1v) is 12.6. The van der Waals surface area contributed by atoms with E-state index in [1.165, 1.54) is 0 Å². The minimum Gasteiger partial charge on any atom is -0.375 e. The Balaban J connectivity index is 1.25. The highest BCUT2D eigenvalue weighted by molar-refractivity contribution is 5.19. The molecule has 6 heteroatoms. The van der Waals surface area contributed by atoms with Gasteiger partial charge in [0.05, 0.1) is 43.2 Å². The predicted molar refractivity (Wildman–Crippen MR) is 122 cm³/mol. The smallest absolute Gasteiger partial charge is 0.184 e. The van der Waals surface area contributed by atoms with Crippen LogP contribution >= 0.6 is 0 Å². The summed E-state index contributed by atoms with van der Waals surface area (Å²) in [6.07, 6.45) is 7.89. The average molecular weight is 457 g/mol. The van der Waals surface area contributed by atoms with Crippen LogP contribution in [-0.4, -0.2) is 61.0 Å². The van der Waals surface area contributed by atoms with Gasteiger partial charge in [-0.3, -0.25) is 0 Å². The molecule has 0 aliphatic carbocycles. The first-order chi connectivity index (χ1) is 15.9. The molecule has 180 valence electrons. The molecule has 0 N–H and O–H groups in total. The Morgan fingerprint density at radius 3 is 2.58 bits per heavy atom. The molecule has 33 heavy (non-hydrogen) atoms. The van der Waals surface area contributed by atoms with Crippen LogP contribution in [0.5, 0.6) is 0 Å². The van der Waals surface area contributed by atoms with Crippen LogP contribution in [0.4, 0.5) is 0 Å². The lowest BCUT2D eigenvalue weighted by Gasteiger charge is -2.56. The Kier molecular flexibility index (Phi) is 5.67. The maximum Gasteiger partial charge on any atom is 0.184 e. The summed E-state index contributed by atoms with van der Waals surface area (Å²) in [5.74, 6) is 0.242. The fourth-order valence-corrected chi connectivity index (χ4v) is 6.28. The molecule has 1 aromatic rings. The van der Waals surface area contributed by atoms with Crippen LogP contribution in [0.3, 0.4) is 0 Å². The van der Waals surface area contributed by atoms with Crippen molar-refractivity contribution in [3.8, 4) is 0 Å². The predicted octanol–water partition coefficient (Wildman–Crippen LogP) is 4.33. The van der Waals surface area contributed by atoms with Crippen LogP contribution in [0.2, 0.25) is 0 Å². The van der Waals surface area contributed by atoms with Crippen LogP contribution in [-0.2, 0) is 28.4 Å². The lowest BCUT2D eigenvalue weighted by Crippen LogP contribution is -2.66. The minimum absolute atomic E-state index is 0.0219. The Morgan fingerprint density at radius 2 is 1.73 bits per heavy atom. The van der Waals surface area contributed by atoms with Gasteiger partial charge in [-0.1, -0.05) is 49.4 Å². The van der Waals surface area contributed by atoms with E-state index in [4.69, 9.17) is 28.4 Å². The van der Waals surface area contributed by atoms with Gasteiger partial charge in [0.25, 0.3) is 0 Å². The minimum atomic E-state index is -0.555. The highest BCUT2D eigenvalue weighted by Crippen LogP contribution is 2.47. The fraction of sp³-hybridized carbons (Fsp3) is 0.704. The van der Waals surface area contributed by atoms with Gasteiger partial charge >= 0.3 is 0 Å².